The molecule has 0 aromatic carbocycles. The van der Waals surface area contributed by atoms with Crippen LogP contribution in [-0.2, 0) is 14.2 Å². The summed E-state index contributed by atoms with van der Waals surface area (Å²) in [6.07, 6.45) is 3.63. The van der Waals surface area contributed by atoms with Crippen LogP contribution in [0, 0.1) is 5.92 Å². The minimum absolute atomic E-state index is 0.136. The number of hydrogen-bond donors (Lipinski definition) is 2. The summed E-state index contributed by atoms with van der Waals surface area (Å²) in [6, 6.07) is 0. The van der Waals surface area contributed by atoms with Crippen LogP contribution in [0.3, 0.4) is 0 Å². The molecule has 0 amide bonds. The van der Waals surface area contributed by atoms with Gasteiger partial charge in [-0.05, 0) is 59.4 Å². The number of esters is 1. The molecule has 0 spiro atoms. The maximum absolute atomic E-state index is 11.7. The minimum atomic E-state index is -1.07. The molecule has 1 rings (SSSR count). The lowest BCUT2D eigenvalue weighted by atomic mass is 9.69. The number of carbonyl (C=O) groups is 1. The fourth-order valence-electron chi connectivity index (χ4n) is 2.05. The molecule has 21 heavy (non-hydrogen) atoms. The van der Waals surface area contributed by atoms with Gasteiger partial charge < -0.3 is 19.5 Å². The van der Waals surface area contributed by atoms with E-state index in [2.05, 4.69) is 0 Å². The van der Waals surface area contributed by atoms with Crippen molar-refractivity contribution >= 4 is 13.1 Å². The smallest absolute Gasteiger partial charge is 0.466 e. The zero-order chi connectivity index (χ0) is 16.3. The fourth-order valence-corrected chi connectivity index (χ4v) is 2.05. The molecule has 0 saturated heterocycles. The minimum Gasteiger partial charge on any atom is -0.466 e. The van der Waals surface area contributed by atoms with Crippen molar-refractivity contribution < 1.29 is 24.3 Å². The predicted molar refractivity (Wildman–Crippen MR) is 81.5 cm³/mol. The van der Waals surface area contributed by atoms with E-state index in [9.17, 15) is 14.9 Å². The van der Waals surface area contributed by atoms with Crippen molar-refractivity contribution in [3.05, 3.63) is 11.5 Å². The predicted octanol–water partition coefficient (Wildman–Crippen LogP) is 1.86. The number of rotatable bonds is 6. The molecular weight excluding hydrogens is 271 g/mol. The van der Waals surface area contributed by atoms with Gasteiger partial charge in [-0.3, -0.25) is 4.79 Å². The first-order chi connectivity index (χ1) is 9.58. The summed E-state index contributed by atoms with van der Waals surface area (Å²) in [6.45, 7) is 8.94. The Morgan fingerprint density at radius 1 is 1.43 bits per heavy atom. The first-order valence-electron chi connectivity index (χ1n) is 7.52. The average Bonchev–Trinajstić information content (AvgIpc) is 2.37. The van der Waals surface area contributed by atoms with Crippen molar-refractivity contribution in [1.82, 2.24) is 0 Å². The van der Waals surface area contributed by atoms with Gasteiger partial charge in [-0.2, -0.15) is 0 Å². The fraction of sp³-hybridized carbons (Fsp3) is 0.800. The highest BCUT2D eigenvalue weighted by molar-refractivity contribution is 6.52. The van der Waals surface area contributed by atoms with Crippen LogP contribution in [0.2, 0.25) is 0 Å². The third kappa shape index (κ3) is 4.83. The Balaban J connectivity index is 2.62. The third-order valence-electron chi connectivity index (χ3n) is 4.26. The number of ether oxygens (including phenoxy) is 1. The van der Waals surface area contributed by atoms with Crippen LogP contribution < -0.4 is 0 Å². The summed E-state index contributed by atoms with van der Waals surface area (Å²) in [5.41, 5.74) is -1.20. The summed E-state index contributed by atoms with van der Waals surface area (Å²) >= 11 is 0. The molecule has 0 bridgehead atoms. The Bertz CT molecular complexity index is 397. The zero-order valence-corrected chi connectivity index (χ0v) is 13.7. The van der Waals surface area contributed by atoms with Gasteiger partial charge >= 0.3 is 13.1 Å². The van der Waals surface area contributed by atoms with E-state index in [1.54, 1.807) is 34.6 Å². The third-order valence-corrected chi connectivity index (χ3v) is 4.26. The second-order valence-corrected chi connectivity index (χ2v) is 6.54. The number of hydrogen-bond acceptors (Lipinski definition) is 5. The lowest BCUT2D eigenvalue weighted by Crippen LogP contribution is -2.51. The van der Waals surface area contributed by atoms with E-state index in [0.29, 0.717) is 25.9 Å². The summed E-state index contributed by atoms with van der Waals surface area (Å²) < 4.78 is 10.6. The summed E-state index contributed by atoms with van der Waals surface area (Å²) in [7, 11) is -1.06. The molecule has 0 aromatic heterocycles. The van der Waals surface area contributed by atoms with Crippen molar-refractivity contribution in [3.8, 4) is 0 Å². The molecule has 1 aliphatic rings. The van der Waals surface area contributed by atoms with Gasteiger partial charge in [0.25, 0.3) is 0 Å². The maximum atomic E-state index is 11.7. The lowest BCUT2D eigenvalue weighted by molar-refractivity contribution is -0.148. The van der Waals surface area contributed by atoms with E-state index in [1.807, 2.05) is 6.08 Å². The molecule has 6 heteroatoms. The summed E-state index contributed by atoms with van der Waals surface area (Å²) in [5, 5.41) is 20.2. The van der Waals surface area contributed by atoms with Gasteiger partial charge in [0.1, 0.15) is 0 Å². The molecular formula is C15H27BO5. The molecule has 0 saturated carbocycles. The molecule has 0 aromatic rings. The summed E-state index contributed by atoms with van der Waals surface area (Å²) in [4.78, 5) is 11.7. The van der Waals surface area contributed by atoms with Gasteiger partial charge in [0.05, 0.1) is 23.7 Å². The topological polar surface area (TPSA) is 76.0 Å². The Morgan fingerprint density at radius 2 is 2.05 bits per heavy atom. The van der Waals surface area contributed by atoms with Gasteiger partial charge in [-0.25, -0.2) is 0 Å². The van der Waals surface area contributed by atoms with Crippen molar-refractivity contribution in [2.75, 3.05) is 6.61 Å². The molecule has 0 radical (unpaired) electrons. The normalized spacial score (nSPS) is 20.0. The highest BCUT2D eigenvalue weighted by Crippen LogP contribution is 2.30. The number of carbonyl (C=O) groups excluding carboxylic acids is 1. The molecule has 0 fully saturated rings. The van der Waals surface area contributed by atoms with Crippen LogP contribution in [0.1, 0.15) is 53.9 Å². The number of allylic oxidation sites excluding steroid dienone is 2. The van der Waals surface area contributed by atoms with Crippen LogP contribution in [-0.4, -0.2) is 41.0 Å². The van der Waals surface area contributed by atoms with Crippen molar-refractivity contribution in [1.29, 1.82) is 0 Å². The standard InChI is InChI=1S/C15H27BO5/c1-6-20-13(17)11-7-9-12(10-8-11)16(19)21-15(4,5)14(2,3)18/h9,11,18-19H,6-8,10H2,1-5H3/t11-/m1/s1. The molecule has 0 aliphatic heterocycles. The van der Waals surface area contributed by atoms with Gasteiger partial charge in [0, 0.05) is 0 Å². The Kier molecular flexibility index (Phi) is 6.02. The SMILES string of the molecule is CCOC(=O)[C@@H]1CC=C(B(O)OC(C)(C)C(C)(C)O)CC1. The maximum Gasteiger partial charge on any atom is 0.487 e. The largest absolute Gasteiger partial charge is 0.487 e. The monoisotopic (exact) mass is 298 g/mol. The molecule has 2 N–H and O–H groups in total. The van der Waals surface area contributed by atoms with E-state index in [-0.39, 0.29) is 11.9 Å². The van der Waals surface area contributed by atoms with Crippen LogP contribution in [0.5, 0.6) is 0 Å². The van der Waals surface area contributed by atoms with E-state index in [1.165, 1.54) is 0 Å². The molecule has 0 heterocycles. The van der Waals surface area contributed by atoms with Gasteiger partial charge in [-0.1, -0.05) is 6.08 Å². The molecule has 1 aliphatic carbocycles. The molecule has 5 nitrogen and oxygen atoms in total. The highest BCUT2D eigenvalue weighted by Gasteiger charge is 2.40. The number of aliphatic hydroxyl groups is 1. The van der Waals surface area contributed by atoms with E-state index in [4.69, 9.17) is 9.39 Å². The molecule has 1 atom stereocenters. The Morgan fingerprint density at radius 3 is 2.48 bits per heavy atom. The molecule has 0 unspecified atom stereocenters. The average molecular weight is 298 g/mol. The van der Waals surface area contributed by atoms with Crippen LogP contribution in [0.4, 0.5) is 0 Å². The Hall–Kier alpha value is -0.845. The van der Waals surface area contributed by atoms with Crippen LogP contribution in [0.25, 0.3) is 0 Å². The highest BCUT2D eigenvalue weighted by atomic mass is 16.5. The van der Waals surface area contributed by atoms with Gasteiger partial charge in [-0.15, -0.1) is 0 Å². The van der Waals surface area contributed by atoms with Crippen molar-refractivity contribution in [2.24, 2.45) is 5.92 Å². The van der Waals surface area contributed by atoms with Crippen molar-refractivity contribution in [3.63, 3.8) is 0 Å². The van der Waals surface area contributed by atoms with E-state index >= 15 is 0 Å². The van der Waals surface area contributed by atoms with E-state index < -0.39 is 18.3 Å². The second kappa shape index (κ2) is 6.94. The van der Waals surface area contributed by atoms with Crippen molar-refractivity contribution in [2.45, 2.75) is 65.1 Å². The summed E-state index contributed by atoms with van der Waals surface area (Å²) in [5.74, 6) is -0.316. The molecule has 120 valence electrons. The van der Waals surface area contributed by atoms with Gasteiger partial charge in [0.2, 0.25) is 0 Å². The van der Waals surface area contributed by atoms with Crippen LogP contribution >= 0.6 is 0 Å². The van der Waals surface area contributed by atoms with Gasteiger partial charge in [0.15, 0.2) is 0 Å². The quantitative estimate of drug-likeness (QED) is 0.578. The second-order valence-electron chi connectivity index (χ2n) is 6.54. The zero-order valence-electron chi connectivity index (χ0n) is 13.7. The Labute approximate surface area is 127 Å². The van der Waals surface area contributed by atoms with Crippen LogP contribution in [0.15, 0.2) is 11.5 Å². The first kappa shape index (κ1) is 18.2. The van der Waals surface area contributed by atoms with E-state index in [0.717, 1.165) is 5.47 Å². The lowest BCUT2D eigenvalue weighted by Gasteiger charge is -2.39. The first-order valence-corrected chi connectivity index (χ1v) is 7.52.